The van der Waals surface area contributed by atoms with Crippen LogP contribution in [-0.4, -0.2) is 42.8 Å². The summed E-state index contributed by atoms with van der Waals surface area (Å²) in [7, 11) is -3.75. The van der Waals surface area contributed by atoms with Gasteiger partial charge in [-0.3, -0.25) is 9.78 Å². The summed E-state index contributed by atoms with van der Waals surface area (Å²) in [4.78, 5) is 20.2. The van der Waals surface area contributed by atoms with Crippen molar-refractivity contribution in [2.75, 3.05) is 6.54 Å². The van der Waals surface area contributed by atoms with Gasteiger partial charge in [0.25, 0.3) is 0 Å². The number of carbonyl (C=O) groups excluding carboxylic acids is 1. The molecule has 1 amide bonds. The van der Waals surface area contributed by atoms with Gasteiger partial charge in [0.1, 0.15) is 0 Å². The van der Waals surface area contributed by atoms with E-state index in [1.165, 1.54) is 5.41 Å². The van der Waals surface area contributed by atoms with Crippen molar-refractivity contribution in [1.29, 1.82) is 0 Å². The quantitative estimate of drug-likeness (QED) is 0.389. The first kappa shape index (κ1) is 27.3. The lowest BCUT2D eigenvalue weighted by Crippen LogP contribution is -2.47. The van der Waals surface area contributed by atoms with Crippen molar-refractivity contribution in [3.63, 3.8) is 0 Å². The van der Waals surface area contributed by atoms with Crippen LogP contribution in [0.5, 0.6) is 0 Å². The number of amides is 1. The van der Waals surface area contributed by atoms with E-state index >= 15 is 0 Å². The average Bonchev–Trinajstić information content (AvgIpc) is 2.86. The molecule has 0 bridgehead atoms. The normalized spacial score (nSPS) is 13.7. The highest BCUT2D eigenvalue weighted by atomic mass is 32.2. The third-order valence-electron chi connectivity index (χ3n) is 6.05. The molecule has 2 atom stereocenters. The summed E-state index contributed by atoms with van der Waals surface area (Å²) in [5, 5.41) is 1.17. The van der Waals surface area contributed by atoms with Crippen LogP contribution in [0.15, 0.2) is 90.6 Å². The second-order valence-corrected chi connectivity index (χ2v) is 11.0. The second-order valence-electron chi connectivity index (χ2n) is 9.32. The number of carbonyl (C=O) groups is 1. The lowest BCUT2D eigenvalue weighted by atomic mass is 9.80. The first-order valence-corrected chi connectivity index (χ1v) is 13.7. The highest BCUT2D eigenvalue weighted by Crippen LogP contribution is 2.35. The number of nitrogens with one attached hydrogen (secondary N) is 1. The molecule has 0 saturated heterocycles. The van der Waals surface area contributed by atoms with Crippen LogP contribution in [-0.2, 0) is 14.8 Å². The summed E-state index contributed by atoms with van der Waals surface area (Å²) in [5.41, 5.74) is 2.42. The second kappa shape index (κ2) is 12.6. The molecule has 3 rings (SSSR count). The lowest BCUT2D eigenvalue weighted by molar-refractivity contribution is -0.137. The molecule has 0 aliphatic heterocycles. The fourth-order valence-electron chi connectivity index (χ4n) is 4.49. The first-order valence-electron chi connectivity index (χ1n) is 12.2. The van der Waals surface area contributed by atoms with Crippen molar-refractivity contribution >= 4 is 22.0 Å². The van der Waals surface area contributed by atoms with E-state index in [2.05, 4.69) is 9.71 Å². The minimum absolute atomic E-state index is 0.0152. The van der Waals surface area contributed by atoms with Crippen molar-refractivity contribution in [3.8, 4) is 0 Å². The Kier molecular flexibility index (Phi) is 9.56. The number of hydrogen-bond donors (Lipinski definition) is 1. The van der Waals surface area contributed by atoms with Crippen molar-refractivity contribution in [2.24, 2.45) is 0 Å². The zero-order chi connectivity index (χ0) is 26.1. The third kappa shape index (κ3) is 7.35. The zero-order valence-electron chi connectivity index (χ0n) is 21.3. The summed E-state index contributed by atoms with van der Waals surface area (Å²) in [6, 6.07) is 22.5. The van der Waals surface area contributed by atoms with E-state index in [1.807, 2.05) is 99.3 Å². The van der Waals surface area contributed by atoms with Crippen molar-refractivity contribution in [2.45, 2.75) is 51.6 Å². The van der Waals surface area contributed by atoms with E-state index < -0.39 is 21.9 Å². The highest BCUT2D eigenvalue weighted by molar-refractivity contribution is 7.92. The van der Waals surface area contributed by atoms with Crippen LogP contribution in [0.3, 0.4) is 0 Å². The largest absolute Gasteiger partial charge is 0.337 e. The predicted octanol–water partition coefficient (Wildman–Crippen LogP) is 5.18. The van der Waals surface area contributed by atoms with Crippen LogP contribution >= 0.6 is 0 Å². The number of pyridine rings is 1. The molecule has 6 nitrogen and oxygen atoms in total. The Labute approximate surface area is 215 Å². The number of nitrogens with zero attached hydrogens (tertiary/aromatic N) is 2. The Morgan fingerprint density at radius 3 is 2.03 bits per heavy atom. The van der Waals surface area contributed by atoms with Crippen LogP contribution in [0.25, 0.3) is 6.08 Å². The Hall–Kier alpha value is -3.29. The van der Waals surface area contributed by atoms with Gasteiger partial charge in [0.05, 0.1) is 5.92 Å². The van der Waals surface area contributed by atoms with Crippen LogP contribution in [0, 0.1) is 0 Å². The van der Waals surface area contributed by atoms with Gasteiger partial charge in [0.15, 0.2) is 0 Å². The van der Waals surface area contributed by atoms with Gasteiger partial charge in [-0.25, -0.2) is 13.1 Å². The summed E-state index contributed by atoms with van der Waals surface area (Å²) >= 11 is 0. The summed E-state index contributed by atoms with van der Waals surface area (Å²) in [6.07, 6.45) is 4.92. The van der Waals surface area contributed by atoms with Crippen molar-refractivity contribution in [3.05, 3.63) is 107 Å². The molecule has 2 unspecified atom stereocenters. The highest BCUT2D eigenvalue weighted by Gasteiger charge is 2.36. The van der Waals surface area contributed by atoms with E-state index in [9.17, 15) is 13.2 Å². The van der Waals surface area contributed by atoms with Gasteiger partial charge in [-0.15, -0.1) is 0 Å². The third-order valence-corrected chi connectivity index (χ3v) is 7.11. The predicted molar refractivity (Wildman–Crippen MR) is 146 cm³/mol. The Morgan fingerprint density at radius 2 is 1.47 bits per heavy atom. The van der Waals surface area contributed by atoms with Gasteiger partial charge in [-0.2, -0.15) is 0 Å². The maximum Gasteiger partial charge on any atom is 0.233 e. The number of aromatic nitrogens is 1. The number of sulfonamides is 1. The minimum atomic E-state index is -3.75. The molecule has 0 radical (unpaired) electrons. The van der Waals surface area contributed by atoms with Gasteiger partial charge in [0.2, 0.25) is 15.9 Å². The standard InChI is InChI=1S/C29H35N3O3S/c1-22(2)32(23(3)4)29(33)28(26-16-11-18-30-20-26)27(25-14-9-6-10-15-25)21-31-36(34,35)19-17-24-12-7-5-8-13-24/h5-20,22-23,27-28,31H,21H2,1-4H3. The monoisotopic (exact) mass is 505 g/mol. The topological polar surface area (TPSA) is 79.4 Å². The molecule has 0 saturated carbocycles. The van der Waals surface area contributed by atoms with Gasteiger partial charge in [0, 0.05) is 42.3 Å². The van der Waals surface area contributed by atoms with Crippen LogP contribution in [0.1, 0.15) is 56.2 Å². The van der Waals surface area contributed by atoms with Crippen LogP contribution < -0.4 is 4.72 Å². The molecule has 190 valence electrons. The molecule has 3 aromatic rings. The van der Waals surface area contributed by atoms with Crippen LogP contribution in [0.2, 0.25) is 0 Å². The van der Waals surface area contributed by atoms with E-state index in [0.717, 1.165) is 16.7 Å². The molecular weight excluding hydrogens is 470 g/mol. The average molecular weight is 506 g/mol. The fourth-order valence-corrected chi connectivity index (χ4v) is 5.33. The number of benzene rings is 2. The molecule has 7 heteroatoms. The Bertz CT molecular complexity index is 1220. The van der Waals surface area contributed by atoms with E-state index in [0.29, 0.717) is 0 Å². The zero-order valence-corrected chi connectivity index (χ0v) is 22.1. The molecule has 0 fully saturated rings. The maximum absolute atomic E-state index is 14.1. The van der Waals surface area contributed by atoms with E-state index in [-0.39, 0.29) is 24.5 Å². The first-order chi connectivity index (χ1) is 17.2. The molecular formula is C29H35N3O3S. The molecule has 0 aliphatic rings. The van der Waals surface area contributed by atoms with Gasteiger partial charge < -0.3 is 4.90 Å². The van der Waals surface area contributed by atoms with Gasteiger partial charge in [-0.1, -0.05) is 66.7 Å². The maximum atomic E-state index is 14.1. The summed E-state index contributed by atoms with van der Waals surface area (Å²) in [5.74, 6) is -1.12. The van der Waals surface area contributed by atoms with Crippen molar-refractivity contribution in [1.82, 2.24) is 14.6 Å². The molecule has 1 N–H and O–H groups in total. The smallest absolute Gasteiger partial charge is 0.233 e. The Morgan fingerprint density at radius 1 is 0.889 bits per heavy atom. The fraction of sp³-hybridized carbons (Fsp3) is 0.310. The summed E-state index contributed by atoms with van der Waals surface area (Å²) in [6.45, 7) is 8.03. The lowest BCUT2D eigenvalue weighted by Gasteiger charge is -2.37. The Balaban J connectivity index is 2.00. The molecule has 36 heavy (non-hydrogen) atoms. The molecule has 2 aromatic carbocycles. The van der Waals surface area contributed by atoms with Crippen molar-refractivity contribution < 1.29 is 13.2 Å². The molecule has 1 aromatic heterocycles. The van der Waals surface area contributed by atoms with Gasteiger partial charge in [-0.05, 0) is 56.5 Å². The minimum Gasteiger partial charge on any atom is -0.337 e. The SMILES string of the molecule is CC(C)N(C(=O)C(c1cccnc1)C(CNS(=O)(=O)C=Cc1ccccc1)c1ccccc1)C(C)C. The van der Waals surface area contributed by atoms with E-state index in [1.54, 1.807) is 24.5 Å². The molecule has 1 heterocycles. The molecule has 0 spiro atoms. The van der Waals surface area contributed by atoms with Gasteiger partial charge >= 0.3 is 0 Å². The molecule has 0 aliphatic carbocycles. The van der Waals surface area contributed by atoms with E-state index in [4.69, 9.17) is 0 Å². The number of hydrogen-bond acceptors (Lipinski definition) is 4. The number of rotatable bonds is 11. The summed E-state index contributed by atoms with van der Waals surface area (Å²) < 4.78 is 28.6. The van der Waals surface area contributed by atoms with Crippen LogP contribution in [0.4, 0.5) is 0 Å².